The number of fused-ring (bicyclic) bond motifs is 1. The molecule has 3 aromatic rings. The van der Waals surface area contributed by atoms with Crippen LogP contribution in [0.4, 0.5) is 0 Å². The Hall–Kier alpha value is -2.24. The summed E-state index contributed by atoms with van der Waals surface area (Å²) in [6.07, 6.45) is 5.17. The normalized spacial score (nSPS) is 15.5. The average molecular weight is 421 g/mol. The number of nitrogens with zero attached hydrogens (tertiary/aromatic N) is 2. The maximum Gasteiger partial charge on any atom is 0.161 e. The smallest absolute Gasteiger partial charge is 0.161 e. The lowest BCUT2D eigenvalue weighted by molar-refractivity contribution is 0.0994. The van der Waals surface area contributed by atoms with Gasteiger partial charge in [-0.05, 0) is 44.9 Å². The standard InChI is InChI=1S/C24H26BClN2O2/c1-17(29)20-16-28(24-19(20)6-4-7-21(24)25)13-5-12-27-14-10-18(11-15-27)30-23-9-3-2-8-22(23)26/h2-4,6-9,16,18H,5,10-15H2,1H3. The van der Waals surface area contributed by atoms with E-state index in [9.17, 15) is 4.79 Å². The van der Waals surface area contributed by atoms with E-state index in [1.54, 1.807) is 6.92 Å². The number of hydrogen-bond acceptors (Lipinski definition) is 3. The van der Waals surface area contributed by atoms with Crippen molar-refractivity contribution >= 4 is 41.6 Å². The first kappa shape index (κ1) is 21.0. The first-order valence-corrected chi connectivity index (χ1v) is 10.9. The molecule has 154 valence electrons. The summed E-state index contributed by atoms with van der Waals surface area (Å²) in [5.74, 6) is 0.848. The number of likely N-dealkylation sites (tertiary alicyclic amines) is 1. The molecule has 1 aromatic heterocycles. The highest BCUT2D eigenvalue weighted by Crippen LogP contribution is 2.27. The van der Waals surface area contributed by atoms with E-state index in [-0.39, 0.29) is 11.9 Å². The Balaban J connectivity index is 1.31. The molecule has 4 rings (SSSR count). The first-order valence-electron chi connectivity index (χ1n) is 10.5. The van der Waals surface area contributed by atoms with Crippen molar-refractivity contribution < 1.29 is 9.53 Å². The maximum absolute atomic E-state index is 12.0. The van der Waals surface area contributed by atoms with E-state index in [1.165, 1.54) is 0 Å². The van der Waals surface area contributed by atoms with Crippen molar-refractivity contribution in [2.75, 3.05) is 19.6 Å². The third kappa shape index (κ3) is 4.58. The van der Waals surface area contributed by atoms with Gasteiger partial charge in [0, 0.05) is 42.3 Å². The monoisotopic (exact) mass is 420 g/mol. The van der Waals surface area contributed by atoms with E-state index >= 15 is 0 Å². The molecule has 2 radical (unpaired) electrons. The summed E-state index contributed by atoms with van der Waals surface area (Å²) < 4.78 is 8.22. The number of piperidine rings is 1. The van der Waals surface area contributed by atoms with Crippen molar-refractivity contribution in [3.05, 3.63) is 59.2 Å². The molecule has 0 amide bonds. The molecular weight excluding hydrogens is 395 g/mol. The van der Waals surface area contributed by atoms with E-state index in [4.69, 9.17) is 24.2 Å². The lowest BCUT2D eigenvalue weighted by atomic mass is 9.93. The number of carbonyl (C=O) groups is 1. The van der Waals surface area contributed by atoms with Gasteiger partial charge in [0.15, 0.2) is 5.78 Å². The van der Waals surface area contributed by atoms with Crippen molar-refractivity contribution in [3.8, 4) is 5.75 Å². The molecule has 2 heterocycles. The molecule has 0 unspecified atom stereocenters. The Bertz CT molecular complexity index is 1040. The van der Waals surface area contributed by atoms with E-state index in [1.807, 2.05) is 48.7 Å². The van der Waals surface area contributed by atoms with Crippen LogP contribution >= 0.6 is 11.6 Å². The van der Waals surface area contributed by atoms with Crippen LogP contribution in [0.2, 0.25) is 5.02 Å². The predicted octanol–water partition coefficient (Wildman–Crippen LogP) is 4.22. The average Bonchev–Trinajstić information content (AvgIpc) is 3.11. The molecule has 0 bridgehead atoms. The van der Waals surface area contributed by atoms with E-state index < -0.39 is 0 Å². The quantitative estimate of drug-likeness (QED) is 0.424. The Morgan fingerprint density at radius 1 is 1.13 bits per heavy atom. The van der Waals surface area contributed by atoms with Crippen LogP contribution in [0.1, 0.15) is 36.5 Å². The Morgan fingerprint density at radius 3 is 2.63 bits per heavy atom. The molecule has 0 N–H and O–H groups in total. The lowest BCUT2D eigenvalue weighted by Gasteiger charge is -2.32. The maximum atomic E-state index is 12.0. The van der Waals surface area contributed by atoms with Gasteiger partial charge < -0.3 is 14.2 Å². The van der Waals surface area contributed by atoms with Crippen LogP contribution in [-0.4, -0.2) is 48.8 Å². The summed E-state index contributed by atoms with van der Waals surface area (Å²) in [7, 11) is 6.21. The highest BCUT2D eigenvalue weighted by Gasteiger charge is 2.21. The van der Waals surface area contributed by atoms with Crippen LogP contribution in [0.15, 0.2) is 48.7 Å². The van der Waals surface area contributed by atoms with Gasteiger partial charge in [-0.25, -0.2) is 0 Å². The van der Waals surface area contributed by atoms with Crippen molar-refractivity contribution in [3.63, 3.8) is 0 Å². The van der Waals surface area contributed by atoms with E-state index in [2.05, 4.69) is 9.47 Å². The minimum atomic E-state index is 0.0740. The zero-order valence-corrected chi connectivity index (χ0v) is 18.1. The fraction of sp³-hybridized carbons (Fsp3) is 0.375. The van der Waals surface area contributed by atoms with Crippen LogP contribution in [-0.2, 0) is 6.54 Å². The Kier molecular flexibility index (Phi) is 6.50. The summed E-state index contributed by atoms with van der Waals surface area (Å²) in [5.41, 5.74) is 2.43. The molecule has 1 fully saturated rings. The number of benzene rings is 2. The van der Waals surface area contributed by atoms with Gasteiger partial charge in [0.2, 0.25) is 0 Å². The Labute approximate surface area is 184 Å². The van der Waals surface area contributed by atoms with Gasteiger partial charge >= 0.3 is 0 Å². The highest BCUT2D eigenvalue weighted by atomic mass is 35.5. The first-order chi connectivity index (χ1) is 14.5. The molecule has 0 saturated carbocycles. The number of halogens is 1. The molecule has 6 heteroatoms. The van der Waals surface area contributed by atoms with Gasteiger partial charge in [0.25, 0.3) is 0 Å². The van der Waals surface area contributed by atoms with Crippen molar-refractivity contribution in [2.24, 2.45) is 0 Å². The number of ketones is 1. The topological polar surface area (TPSA) is 34.5 Å². The zero-order valence-electron chi connectivity index (χ0n) is 17.3. The molecule has 0 atom stereocenters. The van der Waals surface area contributed by atoms with Gasteiger partial charge in [-0.15, -0.1) is 0 Å². The SMILES string of the molecule is [B]c1cccc2c(C(C)=O)cn(CCCN3CCC(Oc4ccccc4Cl)CC3)c12. The second-order valence-electron chi connectivity index (χ2n) is 7.98. The van der Waals surface area contributed by atoms with Gasteiger partial charge in [-0.3, -0.25) is 4.79 Å². The van der Waals surface area contributed by atoms with Crippen LogP contribution < -0.4 is 10.2 Å². The highest BCUT2D eigenvalue weighted by molar-refractivity contribution is 6.39. The largest absolute Gasteiger partial charge is 0.489 e. The Morgan fingerprint density at radius 2 is 1.90 bits per heavy atom. The van der Waals surface area contributed by atoms with Crippen LogP contribution in [0.5, 0.6) is 5.75 Å². The van der Waals surface area contributed by atoms with Gasteiger partial charge in [-0.1, -0.05) is 47.4 Å². The lowest BCUT2D eigenvalue weighted by Crippen LogP contribution is -2.39. The van der Waals surface area contributed by atoms with E-state index in [0.717, 1.165) is 73.1 Å². The number of aromatic nitrogens is 1. The third-order valence-electron chi connectivity index (χ3n) is 5.85. The summed E-state index contributed by atoms with van der Waals surface area (Å²) in [4.78, 5) is 14.5. The summed E-state index contributed by atoms with van der Waals surface area (Å²) >= 11 is 6.20. The molecule has 0 spiro atoms. The van der Waals surface area contributed by atoms with Crippen LogP contribution in [0.3, 0.4) is 0 Å². The summed E-state index contributed by atoms with van der Waals surface area (Å²) in [5, 5.41) is 1.61. The number of para-hydroxylation sites is 2. The van der Waals surface area contributed by atoms with Gasteiger partial charge in [-0.2, -0.15) is 0 Å². The number of rotatable bonds is 7. The molecular formula is C24H26BClN2O2. The molecule has 1 saturated heterocycles. The summed E-state index contributed by atoms with van der Waals surface area (Å²) in [6, 6.07) is 13.4. The predicted molar refractivity (Wildman–Crippen MR) is 123 cm³/mol. The summed E-state index contributed by atoms with van der Waals surface area (Å²) in [6.45, 7) is 5.50. The molecule has 2 aromatic carbocycles. The third-order valence-corrected chi connectivity index (χ3v) is 6.16. The molecule has 4 nitrogen and oxygen atoms in total. The number of hydrogen-bond donors (Lipinski definition) is 0. The zero-order chi connectivity index (χ0) is 21.1. The fourth-order valence-electron chi connectivity index (χ4n) is 4.28. The minimum Gasteiger partial charge on any atom is -0.489 e. The molecule has 0 aliphatic carbocycles. The molecule has 1 aliphatic rings. The molecule has 1 aliphatic heterocycles. The van der Waals surface area contributed by atoms with Crippen molar-refractivity contribution in [1.82, 2.24) is 9.47 Å². The fourth-order valence-corrected chi connectivity index (χ4v) is 4.46. The van der Waals surface area contributed by atoms with E-state index in [0.29, 0.717) is 5.02 Å². The number of aryl methyl sites for hydroxylation is 1. The van der Waals surface area contributed by atoms with Gasteiger partial charge in [0.1, 0.15) is 19.7 Å². The number of carbonyl (C=O) groups excluding carboxylic acids is 1. The van der Waals surface area contributed by atoms with Crippen LogP contribution in [0.25, 0.3) is 10.9 Å². The number of ether oxygens (including phenoxy) is 1. The van der Waals surface area contributed by atoms with Crippen LogP contribution in [0, 0.1) is 0 Å². The van der Waals surface area contributed by atoms with Crippen molar-refractivity contribution in [1.29, 1.82) is 0 Å². The second-order valence-corrected chi connectivity index (χ2v) is 8.39. The van der Waals surface area contributed by atoms with Crippen molar-refractivity contribution in [2.45, 2.75) is 38.8 Å². The number of Topliss-reactive ketones (excluding diaryl/α,β-unsaturated/α-hetero) is 1. The second kappa shape index (κ2) is 9.28. The molecule has 30 heavy (non-hydrogen) atoms. The van der Waals surface area contributed by atoms with Gasteiger partial charge in [0.05, 0.1) is 5.02 Å². The minimum absolute atomic E-state index is 0.0740.